The van der Waals surface area contributed by atoms with Gasteiger partial charge < -0.3 is 14.5 Å². The van der Waals surface area contributed by atoms with Crippen LogP contribution in [-0.2, 0) is 20.0 Å². The van der Waals surface area contributed by atoms with Crippen molar-refractivity contribution in [1.29, 1.82) is 0 Å². The number of aromatic nitrogens is 4. The van der Waals surface area contributed by atoms with E-state index in [4.69, 9.17) is 14.5 Å². The molecule has 1 aromatic carbocycles. The number of ether oxygens (including phenoxy) is 2. The fraction of sp³-hybridized carbons (Fsp3) is 0.393. The number of likely N-dealkylation sites (tertiary alicyclic amines) is 1. The van der Waals surface area contributed by atoms with Crippen molar-refractivity contribution in [2.75, 3.05) is 27.3 Å². The maximum Gasteiger partial charge on any atom is 0.133 e. The third-order valence-electron chi connectivity index (χ3n) is 7.47. The number of nitrogens with zero attached hydrogens (tertiary/aromatic N) is 5. The molecule has 0 aliphatic carbocycles. The normalized spacial score (nSPS) is 17.9. The van der Waals surface area contributed by atoms with Crippen LogP contribution >= 0.6 is 0 Å². The first-order chi connectivity index (χ1) is 17.6. The molecule has 1 N–H and O–H groups in total. The van der Waals surface area contributed by atoms with Crippen molar-refractivity contribution >= 4 is 22.9 Å². The Labute approximate surface area is 211 Å². The van der Waals surface area contributed by atoms with E-state index < -0.39 is 0 Å². The molecule has 1 fully saturated rings. The van der Waals surface area contributed by atoms with E-state index in [-0.39, 0.29) is 5.92 Å². The first-order valence-corrected chi connectivity index (χ1v) is 12.6. The number of hydrogen-bond acceptors (Lipinski definition) is 6. The van der Waals surface area contributed by atoms with Crippen molar-refractivity contribution in [3.8, 4) is 22.8 Å². The first-order valence-electron chi connectivity index (χ1n) is 12.6. The van der Waals surface area contributed by atoms with Crippen molar-refractivity contribution in [3.05, 3.63) is 53.5 Å². The van der Waals surface area contributed by atoms with Crippen LogP contribution in [0.1, 0.15) is 41.9 Å². The molecule has 0 bridgehead atoms. The Kier molecular flexibility index (Phi) is 5.97. The van der Waals surface area contributed by atoms with E-state index in [9.17, 15) is 0 Å². The molecule has 0 saturated carbocycles. The van der Waals surface area contributed by atoms with Gasteiger partial charge >= 0.3 is 0 Å². The fourth-order valence-electron chi connectivity index (χ4n) is 5.52. The van der Waals surface area contributed by atoms with Gasteiger partial charge in [-0.3, -0.25) is 14.6 Å². The molecule has 0 spiro atoms. The summed E-state index contributed by atoms with van der Waals surface area (Å²) in [5, 5.41) is 5.45. The Balaban J connectivity index is 1.33. The molecule has 1 atom stereocenters. The summed E-state index contributed by atoms with van der Waals surface area (Å²) in [6.07, 6.45) is 12.4. The smallest absolute Gasteiger partial charge is 0.133 e. The molecule has 2 aliphatic rings. The number of benzene rings is 1. The van der Waals surface area contributed by atoms with Crippen molar-refractivity contribution in [1.82, 2.24) is 24.6 Å². The highest BCUT2D eigenvalue weighted by molar-refractivity contribution is 5.93. The zero-order valence-corrected chi connectivity index (χ0v) is 21.1. The molecule has 1 unspecified atom stereocenters. The number of methoxy groups -OCH3 is 2. The minimum Gasteiger partial charge on any atom is -0.496 e. The van der Waals surface area contributed by atoms with Crippen molar-refractivity contribution < 1.29 is 9.47 Å². The van der Waals surface area contributed by atoms with E-state index in [1.807, 2.05) is 31.9 Å². The van der Waals surface area contributed by atoms with Crippen molar-refractivity contribution in [3.63, 3.8) is 0 Å². The van der Waals surface area contributed by atoms with Gasteiger partial charge in [-0.15, -0.1) is 0 Å². The maximum absolute atomic E-state index is 5.88. The summed E-state index contributed by atoms with van der Waals surface area (Å²) < 4.78 is 13.6. The number of hydrogen-bond donors (Lipinski definition) is 1. The van der Waals surface area contributed by atoms with Crippen LogP contribution in [0.3, 0.4) is 0 Å². The molecule has 5 heterocycles. The van der Waals surface area contributed by atoms with Crippen LogP contribution < -0.4 is 9.47 Å². The van der Waals surface area contributed by atoms with Crippen molar-refractivity contribution in [2.24, 2.45) is 12.0 Å². The molecule has 6 rings (SSSR count). The molecule has 4 aromatic rings. The second-order valence-corrected chi connectivity index (χ2v) is 9.80. The Morgan fingerprint density at radius 2 is 1.81 bits per heavy atom. The zero-order valence-electron chi connectivity index (χ0n) is 21.1. The highest BCUT2D eigenvalue weighted by Crippen LogP contribution is 2.40. The van der Waals surface area contributed by atoms with Crippen LogP contribution in [0.25, 0.3) is 22.2 Å². The predicted octanol–water partition coefficient (Wildman–Crippen LogP) is 5.01. The molecule has 1 saturated heterocycles. The van der Waals surface area contributed by atoms with Gasteiger partial charge in [-0.1, -0.05) is 6.42 Å². The van der Waals surface area contributed by atoms with Crippen LogP contribution in [0, 0.1) is 0 Å². The number of pyridine rings is 1. The molecule has 8 nitrogen and oxygen atoms in total. The van der Waals surface area contributed by atoms with Crippen LogP contribution in [0.5, 0.6) is 11.5 Å². The molecule has 8 heteroatoms. The number of H-pyrrole nitrogens is 1. The van der Waals surface area contributed by atoms with Gasteiger partial charge in [0.05, 0.1) is 43.4 Å². The Morgan fingerprint density at radius 3 is 2.50 bits per heavy atom. The number of nitrogens with one attached hydrogen (secondary N) is 1. The average molecular weight is 485 g/mol. The largest absolute Gasteiger partial charge is 0.496 e. The van der Waals surface area contributed by atoms with E-state index >= 15 is 0 Å². The molecule has 36 heavy (non-hydrogen) atoms. The lowest BCUT2D eigenvalue weighted by Gasteiger charge is -2.28. The number of fused-ring (bicyclic) bond motifs is 3. The summed E-state index contributed by atoms with van der Waals surface area (Å²) in [6.45, 7) is 3.10. The number of rotatable bonds is 6. The Morgan fingerprint density at radius 1 is 1.03 bits per heavy atom. The monoisotopic (exact) mass is 484 g/mol. The lowest BCUT2D eigenvalue weighted by Crippen LogP contribution is -2.29. The standard InChI is InChI=1S/C28H32N6O2/c1-33-16-20(14-31-33)24-12-21-22-9-19(13-30-28(22)32-25(21)15-29-24)18-10-26(35-2)23(27(11-18)36-3)17-34-7-5-4-6-8-34/h10-16,19,32H,4-9,17H2,1-3H3. The molecule has 2 aliphatic heterocycles. The maximum atomic E-state index is 5.88. The van der Waals surface area contributed by atoms with Gasteiger partial charge in [-0.2, -0.15) is 5.10 Å². The first kappa shape index (κ1) is 22.8. The Bertz CT molecular complexity index is 1400. The van der Waals surface area contributed by atoms with Gasteiger partial charge in [0.15, 0.2) is 0 Å². The van der Waals surface area contributed by atoms with Crippen LogP contribution in [0.2, 0.25) is 0 Å². The molecule has 3 aromatic heterocycles. The SMILES string of the molecule is COc1cc(C2C=Nc3[nH]c4cnc(-c5cnn(C)c5)cc4c3C2)cc(OC)c1CN1CCCCC1. The highest BCUT2D eigenvalue weighted by atomic mass is 16.5. The summed E-state index contributed by atoms with van der Waals surface area (Å²) >= 11 is 0. The highest BCUT2D eigenvalue weighted by Gasteiger charge is 2.25. The quantitative estimate of drug-likeness (QED) is 0.416. The predicted molar refractivity (Wildman–Crippen MR) is 142 cm³/mol. The van der Waals surface area contributed by atoms with Gasteiger partial charge in [0.1, 0.15) is 17.3 Å². The van der Waals surface area contributed by atoms with E-state index in [0.29, 0.717) is 0 Å². The summed E-state index contributed by atoms with van der Waals surface area (Å²) in [6, 6.07) is 6.48. The molecule has 186 valence electrons. The minimum absolute atomic E-state index is 0.123. The molecular weight excluding hydrogens is 452 g/mol. The topological polar surface area (TPSA) is 80.6 Å². The zero-order chi connectivity index (χ0) is 24.6. The van der Waals surface area contributed by atoms with E-state index in [1.54, 1.807) is 18.9 Å². The van der Waals surface area contributed by atoms with E-state index in [0.717, 1.165) is 76.7 Å². The van der Waals surface area contributed by atoms with Gasteiger partial charge in [0.2, 0.25) is 0 Å². The lowest BCUT2D eigenvalue weighted by atomic mass is 9.89. The van der Waals surface area contributed by atoms with Crippen LogP contribution in [0.4, 0.5) is 5.82 Å². The van der Waals surface area contributed by atoms with Gasteiger partial charge in [0.25, 0.3) is 0 Å². The summed E-state index contributed by atoms with van der Waals surface area (Å²) in [7, 11) is 5.41. The third kappa shape index (κ3) is 4.15. The summed E-state index contributed by atoms with van der Waals surface area (Å²) in [5.74, 6) is 2.80. The average Bonchev–Trinajstić information content (AvgIpc) is 3.51. The van der Waals surface area contributed by atoms with Crippen LogP contribution in [-0.4, -0.2) is 58.2 Å². The molecule has 0 amide bonds. The van der Waals surface area contributed by atoms with E-state index in [1.165, 1.54) is 24.8 Å². The second-order valence-electron chi connectivity index (χ2n) is 9.80. The van der Waals surface area contributed by atoms with Crippen LogP contribution in [0.15, 0.2) is 41.8 Å². The fourth-order valence-corrected chi connectivity index (χ4v) is 5.52. The number of aryl methyl sites for hydroxylation is 1. The molecule has 0 radical (unpaired) electrons. The summed E-state index contributed by atoms with van der Waals surface area (Å²) in [5.41, 5.74) is 6.39. The van der Waals surface area contributed by atoms with Gasteiger partial charge in [0, 0.05) is 48.4 Å². The number of aliphatic imine (C=N–C) groups is 1. The van der Waals surface area contributed by atoms with Gasteiger partial charge in [-0.05, 0) is 56.1 Å². The number of aromatic amines is 1. The second kappa shape index (κ2) is 9.43. The third-order valence-corrected chi connectivity index (χ3v) is 7.47. The molecular formula is C28H32N6O2. The Hall–Kier alpha value is -3.65. The lowest BCUT2D eigenvalue weighted by molar-refractivity contribution is 0.215. The summed E-state index contributed by atoms with van der Waals surface area (Å²) in [4.78, 5) is 15.4. The van der Waals surface area contributed by atoms with E-state index in [2.05, 4.69) is 38.2 Å². The number of piperidine rings is 1. The van der Waals surface area contributed by atoms with Crippen molar-refractivity contribution in [2.45, 2.75) is 38.1 Å². The minimum atomic E-state index is 0.123. The van der Waals surface area contributed by atoms with Gasteiger partial charge in [-0.25, -0.2) is 4.99 Å².